The van der Waals surface area contributed by atoms with Crippen LogP contribution >= 0.6 is 15.9 Å². The molecule has 66 valence electrons. The second-order valence-corrected chi connectivity index (χ2v) is 3.11. The summed E-state index contributed by atoms with van der Waals surface area (Å²) in [6.07, 6.45) is 0.781. The Bertz CT molecular complexity index is 450. The van der Waals surface area contributed by atoms with Gasteiger partial charge in [0.2, 0.25) is 5.89 Å². The van der Waals surface area contributed by atoms with Gasteiger partial charge in [0.05, 0.1) is 5.33 Å². The van der Waals surface area contributed by atoms with Gasteiger partial charge in [-0.1, -0.05) is 22.0 Å². The maximum atomic E-state index is 10.6. The van der Waals surface area contributed by atoms with Crippen LogP contribution in [0.1, 0.15) is 16.2 Å². The summed E-state index contributed by atoms with van der Waals surface area (Å²) >= 11 is 3.24. The number of hydrogen-bond donors (Lipinski definition) is 0. The molecule has 0 N–H and O–H groups in total. The molecule has 1 aromatic carbocycles. The third kappa shape index (κ3) is 1.37. The minimum atomic E-state index is 0.556. The first-order valence-corrected chi connectivity index (χ1v) is 4.87. The molecule has 0 saturated carbocycles. The number of oxazole rings is 1. The highest BCUT2D eigenvalue weighted by atomic mass is 79.9. The highest BCUT2D eigenvalue weighted by Crippen LogP contribution is 2.19. The zero-order chi connectivity index (χ0) is 9.26. The molecule has 0 aliphatic carbocycles. The van der Waals surface area contributed by atoms with Gasteiger partial charge in [0.1, 0.15) is 5.52 Å². The zero-order valence-electron chi connectivity index (χ0n) is 6.66. The van der Waals surface area contributed by atoms with Crippen molar-refractivity contribution in [3.05, 3.63) is 29.7 Å². The highest BCUT2D eigenvalue weighted by Gasteiger charge is 2.07. The van der Waals surface area contributed by atoms with E-state index >= 15 is 0 Å². The van der Waals surface area contributed by atoms with Crippen LogP contribution in [0, 0.1) is 0 Å². The third-order valence-electron chi connectivity index (χ3n) is 1.74. The number of nitrogens with zero attached hydrogens (tertiary/aromatic N) is 1. The number of halogens is 1. The molecular weight excluding hydrogens is 234 g/mol. The molecule has 3 nitrogen and oxygen atoms in total. The van der Waals surface area contributed by atoms with Gasteiger partial charge in [0.15, 0.2) is 11.9 Å². The van der Waals surface area contributed by atoms with Crippen LogP contribution in [0.3, 0.4) is 0 Å². The van der Waals surface area contributed by atoms with Crippen molar-refractivity contribution in [2.45, 2.75) is 5.33 Å². The van der Waals surface area contributed by atoms with Gasteiger partial charge in [-0.3, -0.25) is 4.79 Å². The second-order valence-electron chi connectivity index (χ2n) is 2.55. The lowest BCUT2D eigenvalue weighted by molar-refractivity contribution is 0.112. The normalized spacial score (nSPS) is 10.5. The molecule has 1 heterocycles. The van der Waals surface area contributed by atoms with E-state index < -0.39 is 0 Å². The maximum absolute atomic E-state index is 10.6. The fraction of sp³-hybridized carbons (Fsp3) is 0.111. The van der Waals surface area contributed by atoms with Gasteiger partial charge in [-0.25, -0.2) is 4.98 Å². The summed E-state index contributed by atoms with van der Waals surface area (Å²) in [5.74, 6) is 0.587. The first-order valence-electron chi connectivity index (χ1n) is 3.74. The fourth-order valence-electron chi connectivity index (χ4n) is 1.17. The molecule has 0 aliphatic heterocycles. The van der Waals surface area contributed by atoms with Crippen molar-refractivity contribution in [3.63, 3.8) is 0 Å². The number of alkyl halides is 1. The van der Waals surface area contributed by atoms with Crippen molar-refractivity contribution in [1.82, 2.24) is 4.98 Å². The molecule has 0 amide bonds. The van der Waals surface area contributed by atoms with E-state index in [1.807, 2.05) is 0 Å². The van der Waals surface area contributed by atoms with Crippen molar-refractivity contribution in [1.29, 1.82) is 0 Å². The lowest BCUT2D eigenvalue weighted by Gasteiger charge is -1.87. The predicted octanol–water partition coefficient (Wildman–Crippen LogP) is 2.54. The molecule has 0 aliphatic rings. The van der Waals surface area contributed by atoms with Crippen molar-refractivity contribution in [2.75, 3.05) is 0 Å². The summed E-state index contributed by atoms with van der Waals surface area (Å²) in [7, 11) is 0. The SMILES string of the molecule is O=Cc1cccc2oc(CBr)nc12. The molecule has 0 spiro atoms. The van der Waals surface area contributed by atoms with Crippen LogP contribution in [0.15, 0.2) is 22.6 Å². The first-order chi connectivity index (χ1) is 6.35. The van der Waals surface area contributed by atoms with E-state index in [4.69, 9.17) is 4.42 Å². The van der Waals surface area contributed by atoms with Gasteiger partial charge in [0.25, 0.3) is 0 Å². The molecule has 4 heteroatoms. The van der Waals surface area contributed by atoms with E-state index in [-0.39, 0.29) is 0 Å². The summed E-state index contributed by atoms with van der Waals surface area (Å²) in [6.45, 7) is 0. The summed E-state index contributed by atoms with van der Waals surface area (Å²) in [5.41, 5.74) is 1.85. The molecule has 2 rings (SSSR count). The standard InChI is InChI=1S/C9H6BrNO2/c10-4-8-11-9-6(5-12)2-1-3-7(9)13-8/h1-3,5H,4H2. The smallest absolute Gasteiger partial charge is 0.206 e. The number of benzene rings is 1. The van der Waals surface area contributed by atoms with Gasteiger partial charge in [0, 0.05) is 5.56 Å². The molecule has 0 fully saturated rings. The zero-order valence-corrected chi connectivity index (χ0v) is 8.24. The largest absolute Gasteiger partial charge is 0.440 e. The van der Waals surface area contributed by atoms with Gasteiger partial charge in [-0.2, -0.15) is 0 Å². The number of aldehydes is 1. The van der Waals surface area contributed by atoms with Crippen LogP contribution in [-0.2, 0) is 5.33 Å². The Morgan fingerprint density at radius 1 is 1.54 bits per heavy atom. The van der Waals surface area contributed by atoms with Crippen LogP contribution in [0.25, 0.3) is 11.1 Å². The van der Waals surface area contributed by atoms with E-state index in [1.54, 1.807) is 18.2 Å². The molecule has 1 aromatic heterocycles. The van der Waals surface area contributed by atoms with E-state index in [1.165, 1.54) is 0 Å². The van der Waals surface area contributed by atoms with Crippen LogP contribution in [0.4, 0.5) is 0 Å². The average molecular weight is 240 g/mol. The average Bonchev–Trinajstić information content (AvgIpc) is 2.59. The van der Waals surface area contributed by atoms with Crippen LogP contribution < -0.4 is 0 Å². The van der Waals surface area contributed by atoms with Crippen LogP contribution in [0.5, 0.6) is 0 Å². The fourth-order valence-corrected chi connectivity index (χ4v) is 1.41. The third-order valence-corrected chi connectivity index (χ3v) is 2.22. The minimum absolute atomic E-state index is 0.556. The number of carbonyl (C=O) groups excluding carboxylic acids is 1. The quantitative estimate of drug-likeness (QED) is 0.598. The Kier molecular flexibility index (Phi) is 2.14. The Labute approximate surface area is 82.9 Å². The Hall–Kier alpha value is -1.16. The summed E-state index contributed by atoms with van der Waals surface area (Å²) in [5, 5.41) is 0.556. The molecule has 0 bridgehead atoms. The van der Waals surface area contributed by atoms with Gasteiger partial charge >= 0.3 is 0 Å². The Morgan fingerprint density at radius 2 is 2.38 bits per heavy atom. The predicted molar refractivity (Wildman–Crippen MR) is 52.0 cm³/mol. The first kappa shape index (κ1) is 8.44. The van der Waals surface area contributed by atoms with E-state index in [2.05, 4.69) is 20.9 Å². The number of fused-ring (bicyclic) bond motifs is 1. The highest BCUT2D eigenvalue weighted by molar-refractivity contribution is 9.08. The summed E-state index contributed by atoms with van der Waals surface area (Å²) in [6, 6.07) is 5.28. The maximum Gasteiger partial charge on any atom is 0.206 e. The molecule has 0 saturated heterocycles. The lowest BCUT2D eigenvalue weighted by atomic mass is 10.2. The van der Waals surface area contributed by atoms with Crippen molar-refractivity contribution >= 4 is 33.3 Å². The van der Waals surface area contributed by atoms with E-state index in [0.717, 1.165) is 6.29 Å². The summed E-state index contributed by atoms with van der Waals surface area (Å²) in [4.78, 5) is 14.8. The van der Waals surface area contributed by atoms with Crippen LogP contribution in [-0.4, -0.2) is 11.3 Å². The second kappa shape index (κ2) is 3.30. The van der Waals surface area contributed by atoms with Crippen molar-refractivity contribution in [3.8, 4) is 0 Å². The molecule has 0 unspecified atom stereocenters. The van der Waals surface area contributed by atoms with Gasteiger partial charge < -0.3 is 4.42 Å². The van der Waals surface area contributed by atoms with E-state index in [0.29, 0.717) is 27.9 Å². The van der Waals surface area contributed by atoms with Crippen molar-refractivity contribution < 1.29 is 9.21 Å². The number of para-hydroxylation sites is 1. The molecule has 0 radical (unpaired) electrons. The van der Waals surface area contributed by atoms with Crippen LogP contribution in [0.2, 0.25) is 0 Å². The van der Waals surface area contributed by atoms with Gasteiger partial charge in [-0.15, -0.1) is 0 Å². The van der Waals surface area contributed by atoms with Gasteiger partial charge in [-0.05, 0) is 12.1 Å². The Balaban J connectivity index is 2.74. The lowest BCUT2D eigenvalue weighted by Crippen LogP contribution is -1.81. The van der Waals surface area contributed by atoms with Crippen molar-refractivity contribution in [2.24, 2.45) is 0 Å². The van der Waals surface area contributed by atoms with E-state index in [9.17, 15) is 4.79 Å². The number of carbonyl (C=O) groups is 1. The molecule has 0 atom stereocenters. The number of hydrogen-bond acceptors (Lipinski definition) is 3. The number of aromatic nitrogens is 1. The molecule has 13 heavy (non-hydrogen) atoms. The molecule has 2 aromatic rings. The molecular formula is C9H6BrNO2. The minimum Gasteiger partial charge on any atom is -0.440 e. The number of rotatable bonds is 2. The summed E-state index contributed by atoms with van der Waals surface area (Å²) < 4.78 is 5.34. The monoisotopic (exact) mass is 239 g/mol. The Morgan fingerprint density at radius 3 is 3.08 bits per heavy atom. The topological polar surface area (TPSA) is 43.1 Å².